The third kappa shape index (κ3) is 3.82. The second kappa shape index (κ2) is 6.72. The van der Waals surface area contributed by atoms with Gasteiger partial charge in [-0.05, 0) is 38.5 Å². The highest BCUT2D eigenvalue weighted by atomic mass is 32.1. The average molecular weight is 303 g/mol. The molecule has 4 nitrogen and oxygen atoms in total. The van der Waals surface area contributed by atoms with Crippen LogP contribution in [-0.2, 0) is 4.79 Å². The number of benzene rings is 1. The molecule has 1 amide bonds. The standard InChI is InChI=1S/C16H21N3OS/c1-5-16(20)19-14-8-6-7-13(10(14)2)17-11(3)15-9-21-12(4)18-15/h6-9,11,17H,5H2,1-4H3,(H,19,20). The van der Waals surface area contributed by atoms with Gasteiger partial charge in [0.2, 0.25) is 5.91 Å². The van der Waals surface area contributed by atoms with Gasteiger partial charge in [-0.15, -0.1) is 11.3 Å². The first-order valence-corrected chi connectivity index (χ1v) is 7.97. The molecule has 1 unspecified atom stereocenters. The number of carbonyl (C=O) groups excluding carboxylic acids is 1. The molecule has 0 saturated carbocycles. The zero-order chi connectivity index (χ0) is 15.4. The highest BCUT2D eigenvalue weighted by Crippen LogP contribution is 2.27. The first-order chi connectivity index (χ1) is 10.0. The fourth-order valence-electron chi connectivity index (χ4n) is 2.05. The minimum absolute atomic E-state index is 0.0263. The molecule has 0 fully saturated rings. The van der Waals surface area contributed by atoms with Crippen LogP contribution in [0.5, 0.6) is 0 Å². The number of nitrogens with one attached hydrogen (secondary N) is 2. The van der Waals surface area contributed by atoms with Gasteiger partial charge in [0.25, 0.3) is 0 Å². The fourth-order valence-corrected chi connectivity index (χ4v) is 2.76. The fraction of sp³-hybridized carbons (Fsp3) is 0.375. The van der Waals surface area contributed by atoms with Crippen molar-refractivity contribution in [2.45, 2.75) is 40.2 Å². The molecule has 1 aromatic carbocycles. The predicted molar refractivity (Wildman–Crippen MR) is 89.0 cm³/mol. The van der Waals surface area contributed by atoms with Gasteiger partial charge in [0.15, 0.2) is 0 Å². The second-order valence-electron chi connectivity index (χ2n) is 5.04. The van der Waals surface area contributed by atoms with E-state index in [-0.39, 0.29) is 11.9 Å². The molecular weight excluding hydrogens is 282 g/mol. The summed E-state index contributed by atoms with van der Waals surface area (Å²) in [5, 5.41) is 9.53. The number of hydrogen-bond donors (Lipinski definition) is 2. The number of hydrogen-bond acceptors (Lipinski definition) is 4. The molecule has 0 aliphatic heterocycles. The van der Waals surface area contributed by atoms with E-state index in [4.69, 9.17) is 0 Å². The van der Waals surface area contributed by atoms with Crippen LogP contribution >= 0.6 is 11.3 Å². The molecule has 2 N–H and O–H groups in total. The Kier molecular flexibility index (Phi) is 4.96. The van der Waals surface area contributed by atoms with Crippen molar-refractivity contribution in [2.24, 2.45) is 0 Å². The predicted octanol–water partition coefficient (Wildman–Crippen LogP) is 4.28. The van der Waals surface area contributed by atoms with Gasteiger partial charge in [-0.1, -0.05) is 13.0 Å². The smallest absolute Gasteiger partial charge is 0.224 e. The molecule has 0 aliphatic rings. The van der Waals surface area contributed by atoms with E-state index in [0.29, 0.717) is 6.42 Å². The molecule has 112 valence electrons. The maximum atomic E-state index is 11.6. The van der Waals surface area contributed by atoms with E-state index in [9.17, 15) is 4.79 Å². The molecule has 2 rings (SSSR count). The van der Waals surface area contributed by atoms with Crippen LogP contribution in [0.2, 0.25) is 0 Å². The van der Waals surface area contributed by atoms with E-state index < -0.39 is 0 Å². The van der Waals surface area contributed by atoms with Crippen LogP contribution in [0.15, 0.2) is 23.6 Å². The summed E-state index contributed by atoms with van der Waals surface area (Å²) in [7, 11) is 0. The molecule has 1 aromatic heterocycles. The lowest BCUT2D eigenvalue weighted by Gasteiger charge is -2.17. The molecule has 0 bridgehead atoms. The normalized spacial score (nSPS) is 12.0. The number of nitrogens with zero attached hydrogens (tertiary/aromatic N) is 1. The molecule has 0 radical (unpaired) electrons. The maximum absolute atomic E-state index is 11.6. The summed E-state index contributed by atoms with van der Waals surface area (Å²) in [6.45, 7) is 7.95. The van der Waals surface area contributed by atoms with E-state index >= 15 is 0 Å². The number of carbonyl (C=O) groups is 1. The third-order valence-electron chi connectivity index (χ3n) is 3.38. The van der Waals surface area contributed by atoms with Crippen LogP contribution in [0, 0.1) is 13.8 Å². The number of rotatable bonds is 5. The van der Waals surface area contributed by atoms with Crippen molar-refractivity contribution >= 4 is 28.6 Å². The van der Waals surface area contributed by atoms with Gasteiger partial charge in [-0.3, -0.25) is 4.79 Å². The average Bonchev–Trinajstić information content (AvgIpc) is 2.89. The summed E-state index contributed by atoms with van der Waals surface area (Å²) in [6.07, 6.45) is 0.478. The van der Waals surface area contributed by atoms with Crippen LogP contribution < -0.4 is 10.6 Å². The van der Waals surface area contributed by atoms with Crippen molar-refractivity contribution in [2.75, 3.05) is 10.6 Å². The summed E-state index contributed by atoms with van der Waals surface area (Å²) >= 11 is 1.65. The van der Waals surface area contributed by atoms with Crippen molar-refractivity contribution in [3.8, 4) is 0 Å². The van der Waals surface area contributed by atoms with E-state index in [0.717, 1.165) is 27.6 Å². The molecule has 5 heteroatoms. The Morgan fingerprint density at radius 3 is 2.67 bits per heavy atom. The molecule has 1 atom stereocenters. The van der Waals surface area contributed by atoms with Gasteiger partial charge >= 0.3 is 0 Å². The first-order valence-electron chi connectivity index (χ1n) is 7.09. The lowest BCUT2D eigenvalue weighted by molar-refractivity contribution is -0.115. The Hall–Kier alpha value is -1.88. The SMILES string of the molecule is CCC(=O)Nc1cccc(NC(C)c2csc(C)n2)c1C. The van der Waals surface area contributed by atoms with Gasteiger partial charge in [0.05, 0.1) is 16.7 Å². The monoisotopic (exact) mass is 303 g/mol. The van der Waals surface area contributed by atoms with Crippen molar-refractivity contribution in [3.05, 3.63) is 39.8 Å². The Bertz CT molecular complexity index is 636. The van der Waals surface area contributed by atoms with Gasteiger partial charge in [0, 0.05) is 23.2 Å². The number of aromatic nitrogens is 1. The molecular formula is C16H21N3OS. The number of amides is 1. The second-order valence-corrected chi connectivity index (χ2v) is 6.10. The van der Waals surface area contributed by atoms with Crippen molar-refractivity contribution < 1.29 is 4.79 Å². The van der Waals surface area contributed by atoms with Crippen LogP contribution in [0.25, 0.3) is 0 Å². The van der Waals surface area contributed by atoms with Gasteiger partial charge < -0.3 is 10.6 Å². The molecule has 1 heterocycles. The van der Waals surface area contributed by atoms with E-state index in [1.165, 1.54) is 0 Å². The van der Waals surface area contributed by atoms with Crippen LogP contribution in [-0.4, -0.2) is 10.9 Å². The van der Waals surface area contributed by atoms with E-state index in [2.05, 4.69) is 27.9 Å². The lowest BCUT2D eigenvalue weighted by atomic mass is 10.1. The minimum atomic E-state index is 0.0263. The first kappa shape index (κ1) is 15.5. The summed E-state index contributed by atoms with van der Waals surface area (Å²) in [5.41, 5.74) is 3.95. The van der Waals surface area contributed by atoms with Crippen molar-refractivity contribution in [1.82, 2.24) is 4.98 Å². The molecule has 0 aliphatic carbocycles. The number of aryl methyl sites for hydroxylation is 1. The number of thiazole rings is 1. The van der Waals surface area contributed by atoms with Gasteiger partial charge in [0.1, 0.15) is 0 Å². The third-order valence-corrected chi connectivity index (χ3v) is 4.17. The van der Waals surface area contributed by atoms with Crippen LogP contribution in [0.4, 0.5) is 11.4 Å². The molecule has 0 saturated heterocycles. The Morgan fingerprint density at radius 2 is 2.05 bits per heavy atom. The van der Waals surface area contributed by atoms with E-state index in [1.54, 1.807) is 11.3 Å². The largest absolute Gasteiger partial charge is 0.377 e. The van der Waals surface area contributed by atoms with Crippen LogP contribution in [0.3, 0.4) is 0 Å². The minimum Gasteiger partial charge on any atom is -0.377 e. The quantitative estimate of drug-likeness (QED) is 0.866. The summed E-state index contributed by atoms with van der Waals surface area (Å²) < 4.78 is 0. The molecule has 2 aromatic rings. The van der Waals surface area contributed by atoms with E-state index in [1.807, 2.05) is 39.0 Å². The zero-order valence-electron chi connectivity index (χ0n) is 12.9. The lowest BCUT2D eigenvalue weighted by Crippen LogP contribution is -2.12. The summed E-state index contributed by atoms with van der Waals surface area (Å²) in [6, 6.07) is 6.02. The Morgan fingerprint density at radius 1 is 1.33 bits per heavy atom. The Balaban J connectivity index is 2.16. The molecule has 0 spiro atoms. The van der Waals surface area contributed by atoms with Gasteiger partial charge in [-0.25, -0.2) is 4.98 Å². The van der Waals surface area contributed by atoms with Gasteiger partial charge in [-0.2, -0.15) is 0 Å². The van der Waals surface area contributed by atoms with Crippen molar-refractivity contribution in [3.63, 3.8) is 0 Å². The zero-order valence-corrected chi connectivity index (χ0v) is 13.7. The summed E-state index contributed by atoms with van der Waals surface area (Å²) in [5.74, 6) is 0.0263. The summed E-state index contributed by atoms with van der Waals surface area (Å²) in [4.78, 5) is 16.1. The molecule has 21 heavy (non-hydrogen) atoms. The Labute approximate surface area is 129 Å². The highest BCUT2D eigenvalue weighted by Gasteiger charge is 2.12. The number of anilines is 2. The topological polar surface area (TPSA) is 54.0 Å². The maximum Gasteiger partial charge on any atom is 0.224 e. The van der Waals surface area contributed by atoms with Crippen LogP contribution in [0.1, 0.15) is 42.6 Å². The van der Waals surface area contributed by atoms with Crippen molar-refractivity contribution in [1.29, 1.82) is 0 Å². The highest BCUT2D eigenvalue weighted by molar-refractivity contribution is 7.09.